The van der Waals surface area contributed by atoms with Gasteiger partial charge in [-0.3, -0.25) is 0 Å². The van der Waals surface area contributed by atoms with Gasteiger partial charge in [-0.2, -0.15) is 0 Å². The van der Waals surface area contributed by atoms with E-state index in [2.05, 4.69) is 42.8 Å². The van der Waals surface area contributed by atoms with Crippen molar-refractivity contribution in [1.29, 1.82) is 0 Å². The molecule has 1 nitrogen and oxygen atoms in total. The van der Waals surface area contributed by atoms with Crippen molar-refractivity contribution in [3.05, 3.63) is 20.3 Å². The number of nitrogens with two attached hydrogens (primary N) is 1. The van der Waals surface area contributed by atoms with E-state index in [9.17, 15) is 0 Å². The molecule has 1 heterocycles. The Labute approximate surface area is 92.5 Å². The van der Waals surface area contributed by atoms with E-state index in [1.54, 1.807) is 11.3 Å². The fourth-order valence-corrected chi connectivity index (χ4v) is 3.33. The lowest BCUT2D eigenvalue weighted by Gasteiger charge is -2.12. The zero-order chi connectivity index (χ0) is 10.0. The quantitative estimate of drug-likeness (QED) is 0.879. The van der Waals surface area contributed by atoms with Gasteiger partial charge in [0.25, 0.3) is 0 Å². The van der Waals surface area contributed by atoms with Crippen molar-refractivity contribution < 1.29 is 0 Å². The minimum atomic E-state index is 0.188. The summed E-state index contributed by atoms with van der Waals surface area (Å²) < 4.78 is 1.17. The highest BCUT2D eigenvalue weighted by Crippen LogP contribution is 2.33. The zero-order valence-electron chi connectivity index (χ0n) is 8.30. The highest BCUT2D eigenvalue weighted by Gasteiger charge is 2.13. The average Bonchev–Trinajstić information content (AvgIpc) is 2.28. The molecule has 13 heavy (non-hydrogen) atoms. The van der Waals surface area contributed by atoms with Crippen LogP contribution >= 0.6 is 27.3 Å². The van der Waals surface area contributed by atoms with Gasteiger partial charge in [-0.15, -0.1) is 11.3 Å². The Bertz CT molecular complexity index is 280. The fourth-order valence-electron chi connectivity index (χ4n) is 1.37. The predicted octanol–water partition coefficient (Wildman–Crippen LogP) is 3.86. The summed E-state index contributed by atoms with van der Waals surface area (Å²) in [6.07, 6.45) is 1.05. The molecule has 2 N–H and O–H groups in total. The Kier molecular flexibility index (Phi) is 3.95. The monoisotopic (exact) mass is 261 g/mol. The second-order valence-electron chi connectivity index (χ2n) is 3.81. The highest BCUT2D eigenvalue weighted by molar-refractivity contribution is 9.10. The number of thiophene rings is 1. The third-order valence-electron chi connectivity index (χ3n) is 1.90. The molecule has 0 amide bonds. The van der Waals surface area contributed by atoms with Crippen molar-refractivity contribution in [2.75, 3.05) is 0 Å². The van der Waals surface area contributed by atoms with Gasteiger partial charge in [-0.05, 0) is 41.3 Å². The molecule has 0 saturated carbocycles. The molecule has 0 aliphatic carbocycles. The van der Waals surface area contributed by atoms with Gasteiger partial charge in [0.1, 0.15) is 0 Å². The molecule has 3 heteroatoms. The van der Waals surface area contributed by atoms with E-state index in [-0.39, 0.29) is 6.04 Å². The first-order valence-corrected chi connectivity index (χ1v) is 6.13. The minimum absolute atomic E-state index is 0.188. The first-order valence-electron chi connectivity index (χ1n) is 4.52. The maximum Gasteiger partial charge on any atom is 0.0403 e. The third-order valence-corrected chi connectivity index (χ3v) is 4.00. The van der Waals surface area contributed by atoms with Crippen LogP contribution in [0.15, 0.2) is 10.5 Å². The number of hydrogen-bond donors (Lipinski definition) is 1. The lowest BCUT2D eigenvalue weighted by atomic mass is 10.0. The van der Waals surface area contributed by atoms with Gasteiger partial charge < -0.3 is 5.73 Å². The third kappa shape index (κ3) is 3.08. The molecule has 1 unspecified atom stereocenters. The number of halogens is 1. The second-order valence-corrected chi connectivity index (χ2v) is 5.95. The van der Waals surface area contributed by atoms with Crippen molar-refractivity contribution in [3.63, 3.8) is 0 Å². The van der Waals surface area contributed by atoms with Crippen molar-refractivity contribution in [2.24, 2.45) is 11.7 Å². The largest absolute Gasteiger partial charge is 0.323 e. The van der Waals surface area contributed by atoms with Crippen LogP contribution in [0.1, 0.15) is 36.1 Å². The Morgan fingerprint density at radius 2 is 2.15 bits per heavy atom. The van der Waals surface area contributed by atoms with Gasteiger partial charge in [-0.1, -0.05) is 13.8 Å². The molecular weight excluding hydrogens is 246 g/mol. The topological polar surface area (TPSA) is 26.0 Å². The van der Waals surface area contributed by atoms with Crippen LogP contribution in [0.5, 0.6) is 0 Å². The smallest absolute Gasteiger partial charge is 0.0403 e. The van der Waals surface area contributed by atoms with Crippen molar-refractivity contribution in [3.8, 4) is 0 Å². The lowest BCUT2D eigenvalue weighted by Crippen LogP contribution is -2.11. The summed E-state index contributed by atoms with van der Waals surface area (Å²) in [5.74, 6) is 0.657. The van der Waals surface area contributed by atoms with Crippen LogP contribution < -0.4 is 5.73 Å². The van der Waals surface area contributed by atoms with Gasteiger partial charge >= 0.3 is 0 Å². The fraction of sp³-hybridized carbons (Fsp3) is 0.600. The van der Waals surface area contributed by atoms with Crippen LogP contribution in [-0.2, 0) is 0 Å². The molecule has 1 atom stereocenters. The van der Waals surface area contributed by atoms with Gasteiger partial charge in [0.15, 0.2) is 0 Å². The van der Waals surface area contributed by atoms with Crippen LogP contribution in [-0.4, -0.2) is 0 Å². The Balaban J connectivity index is 2.76. The molecule has 0 aliphatic rings. The van der Waals surface area contributed by atoms with E-state index in [4.69, 9.17) is 5.73 Å². The molecule has 74 valence electrons. The lowest BCUT2D eigenvalue weighted by molar-refractivity contribution is 0.514. The SMILES string of the molecule is Cc1cc(Br)c(C(N)CC(C)C)s1. The highest BCUT2D eigenvalue weighted by atomic mass is 79.9. The van der Waals surface area contributed by atoms with Crippen LogP contribution in [0.25, 0.3) is 0 Å². The summed E-state index contributed by atoms with van der Waals surface area (Å²) >= 11 is 5.33. The van der Waals surface area contributed by atoms with E-state index in [1.165, 1.54) is 14.2 Å². The summed E-state index contributed by atoms with van der Waals surface area (Å²) in [5, 5.41) is 0. The summed E-state index contributed by atoms with van der Waals surface area (Å²) in [4.78, 5) is 2.60. The Morgan fingerprint density at radius 3 is 2.54 bits per heavy atom. The zero-order valence-corrected chi connectivity index (χ0v) is 10.7. The molecule has 0 fully saturated rings. The van der Waals surface area contributed by atoms with Crippen LogP contribution in [0, 0.1) is 12.8 Å². The first kappa shape index (κ1) is 11.2. The van der Waals surface area contributed by atoms with E-state index >= 15 is 0 Å². The molecule has 1 rings (SSSR count). The average molecular weight is 262 g/mol. The van der Waals surface area contributed by atoms with Crippen molar-refractivity contribution >= 4 is 27.3 Å². The molecule has 0 spiro atoms. The van der Waals surface area contributed by atoms with Crippen LogP contribution in [0.3, 0.4) is 0 Å². The first-order chi connectivity index (χ1) is 6.00. The number of hydrogen-bond acceptors (Lipinski definition) is 2. The normalized spacial score (nSPS) is 13.7. The summed E-state index contributed by atoms with van der Waals surface area (Å²) in [6.45, 7) is 6.52. The van der Waals surface area contributed by atoms with Crippen LogP contribution in [0.4, 0.5) is 0 Å². The minimum Gasteiger partial charge on any atom is -0.323 e. The molecule has 0 radical (unpaired) electrons. The van der Waals surface area contributed by atoms with Gasteiger partial charge in [0, 0.05) is 20.3 Å². The van der Waals surface area contributed by atoms with Gasteiger partial charge in [-0.25, -0.2) is 0 Å². The van der Waals surface area contributed by atoms with E-state index in [0.717, 1.165) is 6.42 Å². The Hall–Kier alpha value is 0.140. The summed E-state index contributed by atoms with van der Waals surface area (Å²) in [6, 6.07) is 2.33. The summed E-state index contributed by atoms with van der Waals surface area (Å²) in [7, 11) is 0. The second kappa shape index (κ2) is 4.58. The van der Waals surface area contributed by atoms with E-state index in [1.807, 2.05) is 0 Å². The van der Waals surface area contributed by atoms with E-state index < -0.39 is 0 Å². The molecule has 0 bridgehead atoms. The maximum atomic E-state index is 6.09. The van der Waals surface area contributed by atoms with Gasteiger partial charge in [0.05, 0.1) is 0 Å². The van der Waals surface area contributed by atoms with Crippen molar-refractivity contribution in [2.45, 2.75) is 33.2 Å². The predicted molar refractivity (Wildman–Crippen MR) is 63.1 cm³/mol. The van der Waals surface area contributed by atoms with Crippen LogP contribution in [0.2, 0.25) is 0 Å². The maximum absolute atomic E-state index is 6.09. The number of aryl methyl sites for hydroxylation is 1. The Morgan fingerprint density at radius 1 is 1.54 bits per heavy atom. The molecule has 1 aromatic rings. The molecule has 1 aromatic heterocycles. The molecule has 0 aliphatic heterocycles. The standard InChI is InChI=1S/C10H16BrNS/c1-6(2)4-9(12)10-8(11)5-7(3)13-10/h5-6,9H,4,12H2,1-3H3. The summed E-state index contributed by atoms with van der Waals surface area (Å²) in [5.41, 5.74) is 6.09. The molecule has 0 aromatic carbocycles. The molecular formula is C10H16BrNS. The van der Waals surface area contributed by atoms with E-state index in [0.29, 0.717) is 5.92 Å². The van der Waals surface area contributed by atoms with Gasteiger partial charge in [0.2, 0.25) is 0 Å². The molecule has 0 saturated heterocycles. The van der Waals surface area contributed by atoms with Crippen molar-refractivity contribution in [1.82, 2.24) is 0 Å². The number of rotatable bonds is 3.